The number of esters is 1. The molecule has 0 unspecified atom stereocenters. The Labute approximate surface area is 255 Å². The van der Waals surface area contributed by atoms with Crippen LogP contribution in [0, 0.1) is 0 Å². The maximum absolute atomic E-state index is 13.4. The summed E-state index contributed by atoms with van der Waals surface area (Å²) in [4.78, 5) is 29.5. The minimum absolute atomic E-state index is 0.0941. The highest BCUT2D eigenvalue weighted by Crippen LogP contribution is 2.37. The van der Waals surface area contributed by atoms with Crippen molar-refractivity contribution in [1.82, 2.24) is 10.4 Å². The van der Waals surface area contributed by atoms with E-state index in [1.54, 1.807) is 36.4 Å². The minimum Gasteiger partial charge on any atom is -0.454 e. The Morgan fingerprint density at radius 1 is 0.976 bits per heavy atom. The first-order valence-corrected chi connectivity index (χ1v) is 14.2. The molecule has 1 aliphatic rings. The zero-order valence-corrected chi connectivity index (χ0v) is 24.8. The van der Waals surface area contributed by atoms with E-state index < -0.39 is 11.9 Å². The predicted octanol–water partition coefficient (Wildman–Crippen LogP) is 7.73. The van der Waals surface area contributed by atoms with Crippen molar-refractivity contribution in [1.29, 1.82) is 0 Å². The first-order chi connectivity index (χ1) is 19.9. The van der Waals surface area contributed by atoms with Crippen molar-refractivity contribution in [2.75, 3.05) is 6.79 Å². The predicted molar refractivity (Wildman–Crippen MR) is 163 cm³/mol. The molecule has 5 aromatic rings. The van der Waals surface area contributed by atoms with Gasteiger partial charge >= 0.3 is 5.97 Å². The molecule has 4 aromatic carbocycles. The number of aromatic nitrogens is 1. The average molecular weight is 696 g/mol. The van der Waals surface area contributed by atoms with Crippen LogP contribution in [-0.2, 0) is 0 Å². The van der Waals surface area contributed by atoms with Crippen LogP contribution in [0.1, 0.15) is 26.4 Å². The lowest BCUT2D eigenvalue weighted by Gasteiger charge is -2.11. The molecule has 0 bridgehead atoms. The van der Waals surface area contributed by atoms with Gasteiger partial charge in [0.1, 0.15) is 5.69 Å². The average Bonchev–Trinajstić information content (AvgIpc) is 3.60. The number of rotatable bonds is 6. The summed E-state index contributed by atoms with van der Waals surface area (Å²) in [6.07, 6.45) is 1.40. The molecule has 0 fully saturated rings. The van der Waals surface area contributed by atoms with Crippen LogP contribution in [0.5, 0.6) is 17.2 Å². The lowest BCUT2D eigenvalue weighted by atomic mass is 10.0. The Morgan fingerprint density at radius 3 is 2.61 bits per heavy atom. The van der Waals surface area contributed by atoms with Crippen molar-refractivity contribution in [3.8, 4) is 28.4 Å². The van der Waals surface area contributed by atoms with Gasteiger partial charge in [0, 0.05) is 21.0 Å². The van der Waals surface area contributed by atoms with Gasteiger partial charge in [-0.15, -0.1) is 0 Å². The van der Waals surface area contributed by atoms with Gasteiger partial charge in [-0.3, -0.25) is 4.79 Å². The SMILES string of the molecule is O=C(Oc1c(Br)cc(Br)cc1C=NNC(=O)c1[nH]c2c(Cl)cccc2c1-c1ccccc1)c1ccc2c(c1)OCO2. The number of para-hydroxylation sites is 1. The van der Waals surface area contributed by atoms with Gasteiger partial charge in [0.2, 0.25) is 6.79 Å². The van der Waals surface area contributed by atoms with Crippen LogP contribution >= 0.6 is 43.5 Å². The fourth-order valence-electron chi connectivity index (χ4n) is 4.43. The zero-order chi connectivity index (χ0) is 28.5. The fourth-order valence-corrected chi connectivity index (χ4v) is 5.99. The third-order valence-corrected chi connectivity index (χ3v) is 7.64. The van der Waals surface area contributed by atoms with Crippen LogP contribution in [0.2, 0.25) is 5.02 Å². The van der Waals surface area contributed by atoms with Gasteiger partial charge in [-0.25, -0.2) is 10.2 Å². The van der Waals surface area contributed by atoms with E-state index in [1.165, 1.54) is 6.21 Å². The Bertz CT molecular complexity index is 1860. The number of ether oxygens (including phenoxy) is 3. The van der Waals surface area contributed by atoms with Crippen LogP contribution in [0.3, 0.4) is 0 Å². The van der Waals surface area contributed by atoms with E-state index in [2.05, 4.69) is 47.4 Å². The standard InChI is InChI=1S/C30H18Br2ClN3O5/c31-19-11-18(28(21(32)13-19)41-30(38)17-9-10-23-24(12-17)40-15-39-23)14-34-36-29(37)27-25(16-5-2-1-3-6-16)20-7-4-8-22(33)26(20)35-27/h1-14,35H,15H2,(H,36,37). The summed E-state index contributed by atoms with van der Waals surface area (Å²) in [6, 6.07) is 23.3. The van der Waals surface area contributed by atoms with Crippen molar-refractivity contribution in [2.45, 2.75) is 0 Å². The Kier molecular flexibility index (Phi) is 7.53. The molecule has 0 radical (unpaired) electrons. The molecule has 0 spiro atoms. The zero-order valence-electron chi connectivity index (χ0n) is 20.9. The summed E-state index contributed by atoms with van der Waals surface area (Å²) in [5, 5.41) is 5.48. The van der Waals surface area contributed by atoms with Gasteiger partial charge in [0.25, 0.3) is 5.91 Å². The van der Waals surface area contributed by atoms with Gasteiger partial charge in [0.05, 0.1) is 26.8 Å². The summed E-state index contributed by atoms with van der Waals surface area (Å²) >= 11 is 13.3. The highest BCUT2D eigenvalue weighted by atomic mass is 79.9. The number of hydrazone groups is 1. The third-order valence-electron chi connectivity index (χ3n) is 6.28. The fraction of sp³-hybridized carbons (Fsp3) is 0.0333. The highest BCUT2D eigenvalue weighted by molar-refractivity contribution is 9.11. The number of fused-ring (bicyclic) bond motifs is 2. The number of H-pyrrole nitrogens is 1. The van der Waals surface area contributed by atoms with Crippen molar-refractivity contribution >= 4 is 72.5 Å². The molecule has 1 aliphatic heterocycles. The number of benzene rings is 4. The molecule has 41 heavy (non-hydrogen) atoms. The van der Waals surface area contributed by atoms with E-state index in [0.717, 1.165) is 10.9 Å². The van der Waals surface area contributed by atoms with E-state index in [4.69, 9.17) is 25.8 Å². The number of carbonyl (C=O) groups is 2. The molecular formula is C30H18Br2ClN3O5. The van der Waals surface area contributed by atoms with Crippen molar-refractivity contribution < 1.29 is 23.8 Å². The van der Waals surface area contributed by atoms with E-state index in [-0.39, 0.29) is 18.1 Å². The van der Waals surface area contributed by atoms with Gasteiger partial charge in [0.15, 0.2) is 17.2 Å². The molecule has 2 N–H and O–H groups in total. The molecule has 1 aromatic heterocycles. The molecule has 8 nitrogen and oxygen atoms in total. The second-order valence-electron chi connectivity index (χ2n) is 8.87. The maximum Gasteiger partial charge on any atom is 0.343 e. The smallest absolute Gasteiger partial charge is 0.343 e. The van der Waals surface area contributed by atoms with E-state index in [9.17, 15) is 9.59 Å². The number of amides is 1. The normalized spacial score (nSPS) is 12.2. The minimum atomic E-state index is -0.604. The number of hydrogen-bond acceptors (Lipinski definition) is 6. The summed E-state index contributed by atoms with van der Waals surface area (Å²) in [5.41, 5.74) is 5.80. The first kappa shape index (κ1) is 27.1. The van der Waals surface area contributed by atoms with Crippen LogP contribution in [0.25, 0.3) is 22.0 Å². The number of halogens is 3. The highest BCUT2D eigenvalue weighted by Gasteiger charge is 2.22. The van der Waals surface area contributed by atoms with E-state index in [1.807, 2.05) is 42.5 Å². The molecule has 2 heterocycles. The number of nitrogens with zero attached hydrogens (tertiary/aromatic N) is 1. The van der Waals surface area contributed by atoms with Crippen LogP contribution in [-0.4, -0.2) is 29.9 Å². The lowest BCUT2D eigenvalue weighted by molar-refractivity contribution is 0.0732. The second-order valence-corrected chi connectivity index (χ2v) is 11.0. The summed E-state index contributed by atoms with van der Waals surface area (Å²) in [6.45, 7) is 0.0941. The van der Waals surface area contributed by atoms with Crippen molar-refractivity contribution in [2.24, 2.45) is 5.10 Å². The number of hydrogen-bond donors (Lipinski definition) is 2. The number of carbonyl (C=O) groups excluding carboxylic acids is 2. The molecule has 0 saturated carbocycles. The maximum atomic E-state index is 13.4. The van der Waals surface area contributed by atoms with Crippen LogP contribution in [0.4, 0.5) is 0 Å². The second kappa shape index (κ2) is 11.4. The van der Waals surface area contributed by atoms with Gasteiger partial charge < -0.3 is 19.2 Å². The van der Waals surface area contributed by atoms with E-state index in [0.29, 0.717) is 47.8 Å². The summed E-state index contributed by atoms with van der Waals surface area (Å²) < 4.78 is 17.6. The molecule has 1 amide bonds. The topological polar surface area (TPSA) is 102 Å². The van der Waals surface area contributed by atoms with Gasteiger partial charge in [-0.1, -0.05) is 70.0 Å². The van der Waals surface area contributed by atoms with Gasteiger partial charge in [-0.05, 0) is 57.9 Å². The molecule has 6 rings (SSSR count). The molecule has 11 heteroatoms. The van der Waals surface area contributed by atoms with E-state index >= 15 is 0 Å². The lowest BCUT2D eigenvalue weighted by Crippen LogP contribution is -2.19. The van der Waals surface area contributed by atoms with Gasteiger partial charge in [-0.2, -0.15) is 5.10 Å². The summed E-state index contributed by atoms with van der Waals surface area (Å²) in [7, 11) is 0. The largest absolute Gasteiger partial charge is 0.454 e. The quantitative estimate of drug-likeness (QED) is 0.0820. The van der Waals surface area contributed by atoms with Crippen LogP contribution < -0.4 is 19.6 Å². The van der Waals surface area contributed by atoms with Crippen LogP contribution in [0.15, 0.2) is 92.9 Å². The summed E-state index contributed by atoms with van der Waals surface area (Å²) in [5.74, 6) is 0.165. The molecule has 204 valence electrons. The Morgan fingerprint density at radius 2 is 1.78 bits per heavy atom. The Balaban J connectivity index is 1.28. The Hall–Kier alpha value is -4.12. The van der Waals surface area contributed by atoms with Crippen molar-refractivity contribution in [3.05, 3.63) is 110 Å². The molecule has 0 atom stereocenters. The van der Waals surface area contributed by atoms with Crippen molar-refractivity contribution in [3.63, 3.8) is 0 Å². The third kappa shape index (κ3) is 5.46. The monoisotopic (exact) mass is 693 g/mol. The molecule has 0 saturated heterocycles. The molecular weight excluding hydrogens is 678 g/mol. The first-order valence-electron chi connectivity index (χ1n) is 12.2. The number of aromatic amines is 1. The number of nitrogens with one attached hydrogen (secondary N) is 2. The molecule has 0 aliphatic carbocycles.